The molecule has 0 amide bonds. The molecule has 2 heterocycles. The number of ether oxygens (including phenoxy) is 1. The first-order valence-electron chi connectivity index (χ1n) is 10.3. The Bertz CT molecular complexity index is 653. The number of rotatable bonds is 5. The van der Waals surface area contributed by atoms with Crippen LogP contribution in [0.15, 0.2) is 24.3 Å². The van der Waals surface area contributed by atoms with Crippen LogP contribution in [0.4, 0.5) is 13.2 Å². The topological polar surface area (TPSA) is 24.5 Å². The van der Waals surface area contributed by atoms with Gasteiger partial charge in [-0.1, -0.05) is 18.2 Å². The zero-order chi connectivity index (χ0) is 20.4. The van der Waals surface area contributed by atoms with Gasteiger partial charge >= 0.3 is 6.18 Å². The van der Waals surface area contributed by atoms with Gasteiger partial charge in [0.05, 0.1) is 11.2 Å². The Balaban J connectivity index is 1.77. The molecule has 0 bridgehead atoms. The fourth-order valence-corrected chi connectivity index (χ4v) is 4.83. The van der Waals surface area contributed by atoms with Gasteiger partial charge in [0.1, 0.15) is 0 Å². The summed E-state index contributed by atoms with van der Waals surface area (Å²) in [6, 6.07) is 6.44. The van der Waals surface area contributed by atoms with Crippen LogP contribution < -0.4 is 5.32 Å². The van der Waals surface area contributed by atoms with Crippen LogP contribution in [-0.2, 0) is 16.3 Å². The maximum atomic E-state index is 13.3. The first-order valence-corrected chi connectivity index (χ1v) is 10.3. The number of likely N-dealkylation sites (tertiary alicyclic amines) is 1. The molecule has 0 aromatic heterocycles. The van der Waals surface area contributed by atoms with E-state index < -0.39 is 11.7 Å². The summed E-state index contributed by atoms with van der Waals surface area (Å²) in [6.45, 7) is 7.67. The molecule has 3 rings (SSSR count). The molecule has 3 nitrogen and oxygen atoms in total. The lowest BCUT2D eigenvalue weighted by Crippen LogP contribution is -2.47. The maximum Gasteiger partial charge on any atom is 0.416 e. The fraction of sp³-hybridized carbons (Fsp3) is 0.727. The van der Waals surface area contributed by atoms with Crippen molar-refractivity contribution in [3.63, 3.8) is 0 Å². The highest BCUT2D eigenvalue weighted by Crippen LogP contribution is 2.45. The molecule has 2 aliphatic heterocycles. The van der Waals surface area contributed by atoms with Crippen molar-refractivity contribution in [1.82, 2.24) is 10.2 Å². The number of nitrogens with one attached hydrogen (secondary N) is 1. The van der Waals surface area contributed by atoms with Crippen molar-refractivity contribution in [2.75, 3.05) is 33.3 Å². The first-order chi connectivity index (χ1) is 13.1. The molecule has 1 N–H and O–H groups in total. The van der Waals surface area contributed by atoms with E-state index in [0.29, 0.717) is 12.6 Å². The van der Waals surface area contributed by atoms with E-state index >= 15 is 0 Å². The Morgan fingerprint density at radius 3 is 2.57 bits per heavy atom. The van der Waals surface area contributed by atoms with Crippen LogP contribution >= 0.6 is 0 Å². The summed E-state index contributed by atoms with van der Waals surface area (Å²) in [6.07, 6.45) is 0.254. The van der Waals surface area contributed by atoms with E-state index in [1.165, 1.54) is 12.1 Å². The highest BCUT2D eigenvalue weighted by molar-refractivity contribution is 5.33. The monoisotopic (exact) mass is 398 g/mol. The lowest BCUT2D eigenvalue weighted by atomic mass is 9.67. The van der Waals surface area contributed by atoms with E-state index in [2.05, 4.69) is 17.3 Å². The predicted molar refractivity (Wildman–Crippen MR) is 106 cm³/mol. The van der Waals surface area contributed by atoms with Gasteiger partial charge in [0.2, 0.25) is 0 Å². The molecule has 2 aliphatic rings. The molecule has 158 valence electrons. The predicted octanol–water partition coefficient (Wildman–Crippen LogP) is 4.61. The fourth-order valence-electron chi connectivity index (χ4n) is 4.83. The average molecular weight is 399 g/mol. The van der Waals surface area contributed by atoms with Gasteiger partial charge in [-0.2, -0.15) is 13.2 Å². The second kappa shape index (κ2) is 8.33. The smallest absolute Gasteiger partial charge is 0.376 e. The molecule has 0 saturated carbocycles. The van der Waals surface area contributed by atoms with E-state index in [1.54, 1.807) is 6.07 Å². The van der Waals surface area contributed by atoms with Crippen molar-refractivity contribution in [1.29, 1.82) is 0 Å². The molecule has 6 heteroatoms. The largest absolute Gasteiger partial charge is 0.416 e. The third-order valence-electron chi connectivity index (χ3n) is 6.39. The van der Waals surface area contributed by atoms with Gasteiger partial charge < -0.3 is 15.0 Å². The number of benzene rings is 1. The molecule has 1 atom stereocenters. The summed E-state index contributed by atoms with van der Waals surface area (Å²) in [5, 5.41) is 3.67. The third-order valence-corrected chi connectivity index (χ3v) is 6.39. The summed E-state index contributed by atoms with van der Waals surface area (Å²) in [7, 11) is 2.14. The van der Waals surface area contributed by atoms with E-state index in [4.69, 9.17) is 4.74 Å². The standard InChI is InChI=1S/C22H33F3N2O/c1-20(2)16-21(10-14-28-20,9-11-26-19-7-12-27(3)13-8-19)17-5-4-6-18(15-17)22(23,24)25/h4-6,15,19,26H,7-14,16H2,1-3H3/t21-/m0/s1. The summed E-state index contributed by atoms with van der Waals surface area (Å²) in [4.78, 5) is 2.34. The summed E-state index contributed by atoms with van der Waals surface area (Å²) < 4.78 is 45.8. The lowest BCUT2D eigenvalue weighted by Gasteiger charge is -2.46. The minimum atomic E-state index is -4.32. The molecule has 2 fully saturated rings. The van der Waals surface area contributed by atoms with Crippen LogP contribution in [0.5, 0.6) is 0 Å². The number of halogens is 3. The van der Waals surface area contributed by atoms with Gasteiger partial charge in [0.25, 0.3) is 0 Å². The van der Waals surface area contributed by atoms with Gasteiger partial charge in [-0.25, -0.2) is 0 Å². The molecule has 2 saturated heterocycles. The van der Waals surface area contributed by atoms with Crippen molar-refractivity contribution >= 4 is 0 Å². The van der Waals surface area contributed by atoms with Gasteiger partial charge in [-0.3, -0.25) is 0 Å². The van der Waals surface area contributed by atoms with Crippen LogP contribution in [-0.4, -0.2) is 49.8 Å². The molecule has 1 aromatic rings. The molecule has 0 unspecified atom stereocenters. The van der Waals surface area contributed by atoms with Gasteiger partial charge in [-0.15, -0.1) is 0 Å². The van der Waals surface area contributed by atoms with Crippen LogP contribution in [0.2, 0.25) is 0 Å². The molecular weight excluding hydrogens is 365 g/mol. The Labute approximate surface area is 166 Å². The van der Waals surface area contributed by atoms with E-state index in [9.17, 15) is 13.2 Å². The maximum absolute atomic E-state index is 13.3. The minimum Gasteiger partial charge on any atom is -0.376 e. The summed E-state index contributed by atoms with van der Waals surface area (Å²) in [5.41, 5.74) is -0.387. The molecule has 1 aromatic carbocycles. The van der Waals surface area contributed by atoms with Gasteiger partial charge in [0, 0.05) is 18.1 Å². The first kappa shape index (κ1) is 21.6. The van der Waals surface area contributed by atoms with E-state index in [0.717, 1.165) is 57.3 Å². The van der Waals surface area contributed by atoms with Crippen molar-refractivity contribution < 1.29 is 17.9 Å². The molecule has 0 spiro atoms. The van der Waals surface area contributed by atoms with E-state index in [-0.39, 0.29) is 11.0 Å². The Morgan fingerprint density at radius 1 is 1.21 bits per heavy atom. The Hall–Kier alpha value is -1.11. The van der Waals surface area contributed by atoms with Crippen LogP contribution in [0.3, 0.4) is 0 Å². The quantitative estimate of drug-likeness (QED) is 0.784. The molecule has 0 aliphatic carbocycles. The van der Waals surface area contributed by atoms with Gasteiger partial charge in [0.15, 0.2) is 0 Å². The highest BCUT2D eigenvalue weighted by Gasteiger charge is 2.43. The normalized spacial score (nSPS) is 27.1. The van der Waals surface area contributed by atoms with Crippen molar-refractivity contribution in [3.05, 3.63) is 35.4 Å². The van der Waals surface area contributed by atoms with Crippen molar-refractivity contribution in [2.45, 2.75) is 69.2 Å². The van der Waals surface area contributed by atoms with Crippen LogP contribution in [0.1, 0.15) is 57.1 Å². The number of hydrogen-bond acceptors (Lipinski definition) is 3. The number of alkyl halides is 3. The molecule has 0 radical (unpaired) electrons. The Kier molecular flexibility index (Phi) is 6.42. The van der Waals surface area contributed by atoms with Crippen molar-refractivity contribution in [3.8, 4) is 0 Å². The van der Waals surface area contributed by atoms with Crippen LogP contribution in [0, 0.1) is 0 Å². The summed E-state index contributed by atoms with van der Waals surface area (Å²) >= 11 is 0. The average Bonchev–Trinajstić information content (AvgIpc) is 2.62. The van der Waals surface area contributed by atoms with Crippen LogP contribution in [0.25, 0.3) is 0 Å². The zero-order valence-electron chi connectivity index (χ0n) is 17.2. The number of piperidine rings is 1. The minimum absolute atomic E-state index is 0.290. The zero-order valence-corrected chi connectivity index (χ0v) is 17.2. The second-order valence-electron chi connectivity index (χ2n) is 9.18. The molecule has 28 heavy (non-hydrogen) atoms. The van der Waals surface area contributed by atoms with E-state index in [1.807, 2.05) is 19.9 Å². The number of hydrogen-bond donors (Lipinski definition) is 1. The lowest BCUT2D eigenvalue weighted by molar-refractivity contribution is -0.137. The highest BCUT2D eigenvalue weighted by atomic mass is 19.4. The third kappa shape index (κ3) is 5.28. The SMILES string of the molecule is CN1CCC(NCC[C@]2(c3cccc(C(F)(F)F)c3)CCOC(C)(C)C2)CC1. The second-order valence-corrected chi connectivity index (χ2v) is 9.18. The molecular formula is C22H33F3N2O. The van der Waals surface area contributed by atoms with Crippen molar-refractivity contribution in [2.24, 2.45) is 0 Å². The van der Waals surface area contributed by atoms with Gasteiger partial charge in [-0.05, 0) is 84.3 Å². The number of nitrogens with zero attached hydrogens (tertiary/aromatic N) is 1. The Morgan fingerprint density at radius 2 is 1.93 bits per heavy atom. The summed E-state index contributed by atoms with van der Waals surface area (Å²) in [5.74, 6) is 0.